The molecule has 1 heterocycles. The molecule has 0 atom stereocenters. The van der Waals surface area contributed by atoms with Crippen molar-refractivity contribution in [3.05, 3.63) is 48.0 Å². The number of aromatic amines is 1. The molecule has 0 spiro atoms. The number of nitrogens with zero attached hydrogens (tertiary/aromatic N) is 2. The smallest absolute Gasteiger partial charge is 0.317 e. The molecule has 3 rings (SSSR count). The number of aryl methyl sites for hydroxylation is 1. The number of phenolic OH excluding ortho intramolecular Hbond substituents is 2. The third-order valence-electron chi connectivity index (χ3n) is 3.56. The predicted octanol–water partition coefficient (Wildman–Crippen LogP) is 1.65. The minimum Gasteiger partial charge on any atom is -0.508 e. The van der Waals surface area contributed by atoms with Crippen LogP contribution in [0.4, 0.5) is 0 Å². The highest BCUT2D eigenvalue weighted by atomic mass is 32.2. The zero-order valence-electron chi connectivity index (χ0n) is 13.4. The molecule has 0 fully saturated rings. The number of hydrazone groups is 1. The van der Waals surface area contributed by atoms with Crippen molar-refractivity contribution in [2.75, 3.05) is 5.75 Å². The minimum absolute atomic E-state index is 0.0405. The zero-order valence-corrected chi connectivity index (χ0v) is 14.2. The number of aromatic nitrogens is 2. The second kappa shape index (κ2) is 7.27. The number of rotatable bonds is 5. The molecule has 25 heavy (non-hydrogen) atoms. The average Bonchev–Trinajstić information content (AvgIpc) is 2.91. The molecule has 0 aliphatic rings. The summed E-state index contributed by atoms with van der Waals surface area (Å²) in [5, 5.41) is 23.5. The lowest BCUT2D eigenvalue weighted by Gasteiger charge is -2.00. The van der Waals surface area contributed by atoms with Crippen molar-refractivity contribution in [2.24, 2.45) is 12.1 Å². The predicted molar refractivity (Wildman–Crippen MR) is 95.7 cm³/mol. The topological polar surface area (TPSA) is 102 Å². The van der Waals surface area contributed by atoms with Gasteiger partial charge in [-0.25, -0.2) is 15.0 Å². The van der Waals surface area contributed by atoms with Gasteiger partial charge in [0.25, 0.3) is 5.91 Å². The summed E-state index contributed by atoms with van der Waals surface area (Å²) in [7, 11) is 1.94. The summed E-state index contributed by atoms with van der Waals surface area (Å²) in [4.78, 5) is 15.2. The van der Waals surface area contributed by atoms with Crippen molar-refractivity contribution < 1.29 is 19.6 Å². The van der Waals surface area contributed by atoms with Gasteiger partial charge in [-0.05, 0) is 36.0 Å². The molecule has 0 unspecified atom stereocenters. The molecule has 0 bridgehead atoms. The van der Waals surface area contributed by atoms with Crippen molar-refractivity contribution in [3.8, 4) is 11.5 Å². The lowest BCUT2D eigenvalue weighted by Crippen LogP contribution is -2.30. The molecule has 8 heteroatoms. The van der Waals surface area contributed by atoms with E-state index in [-0.39, 0.29) is 23.2 Å². The maximum atomic E-state index is 11.9. The summed E-state index contributed by atoms with van der Waals surface area (Å²) in [6, 6.07) is 12.0. The Hall–Kier alpha value is -3.00. The summed E-state index contributed by atoms with van der Waals surface area (Å²) in [5.74, 6) is -0.225. The van der Waals surface area contributed by atoms with Gasteiger partial charge in [0.15, 0.2) is 11.0 Å². The van der Waals surface area contributed by atoms with Gasteiger partial charge in [-0.15, -0.1) is 0 Å². The number of aromatic hydroxyl groups is 2. The largest absolute Gasteiger partial charge is 0.508 e. The molecular weight excluding hydrogens is 340 g/mol. The van der Waals surface area contributed by atoms with E-state index in [2.05, 4.69) is 15.5 Å². The van der Waals surface area contributed by atoms with E-state index in [9.17, 15) is 15.0 Å². The van der Waals surface area contributed by atoms with E-state index in [1.54, 1.807) is 0 Å². The van der Waals surface area contributed by atoms with E-state index in [1.165, 1.54) is 36.2 Å². The van der Waals surface area contributed by atoms with E-state index < -0.39 is 0 Å². The number of H-pyrrole nitrogens is 1. The highest BCUT2D eigenvalue weighted by molar-refractivity contribution is 7.99. The van der Waals surface area contributed by atoms with Gasteiger partial charge in [0.1, 0.15) is 11.5 Å². The van der Waals surface area contributed by atoms with E-state index in [4.69, 9.17) is 0 Å². The molecule has 3 aromatic rings. The Morgan fingerprint density at radius 2 is 2.12 bits per heavy atom. The van der Waals surface area contributed by atoms with Crippen LogP contribution in [-0.2, 0) is 11.8 Å². The summed E-state index contributed by atoms with van der Waals surface area (Å²) in [5.41, 5.74) is 4.87. The standard InChI is InChI=1S/C17H16N4O3S/c1-21-14-5-3-2-4-13(14)19-17(21)25-10-16(24)20-18-9-11-6-7-12(22)8-15(11)23/h2-9H,10H2,1H3,(H3,18,20,22,23,24)/p+1. The molecule has 2 aromatic carbocycles. The number of hydrogen-bond donors (Lipinski definition) is 4. The summed E-state index contributed by atoms with van der Waals surface area (Å²) < 4.78 is 1.99. The number of amides is 1. The lowest BCUT2D eigenvalue weighted by molar-refractivity contribution is -0.683. The van der Waals surface area contributed by atoms with Crippen molar-refractivity contribution in [1.29, 1.82) is 0 Å². The van der Waals surface area contributed by atoms with Crippen LogP contribution in [0.3, 0.4) is 0 Å². The van der Waals surface area contributed by atoms with Crippen LogP contribution < -0.4 is 9.99 Å². The highest BCUT2D eigenvalue weighted by Gasteiger charge is 2.16. The monoisotopic (exact) mass is 357 g/mol. The minimum atomic E-state index is -0.266. The van der Waals surface area contributed by atoms with Crippen LogP contribution in [-0.4, -0.2) is 33.1 Å². The Morgan fingerprint density at radius 1 is 1.32 bits per heavy atom. The number of fused-ring (bicyclic) bond motifs is 1. The number of benzene rings is 2. The second-order valence-electron chi connectivity index (χ2n) is 5.33. The molecule has 0 aliphatic carbocycles. The molecule has 0 radical (unpaired) electrons. The van der Waals surface area contributed by atoms with Gasteiger partial charge in [-0.3, -0.25) is 4.79 Å². The number of hydrogen-bond acceptors (Lipinski definition) is 5. The Morgan fingerprint density at radius 3 is 2.88 bits per heavy atom. The van der Waals surface area contributed by atoms with Crippen molar-refractivity contribution in [3.63, 3.8) is 0 Å². The van der Waals surface area contributed by atoms with Crippen LogP contribution in [0.2, 0.25) is 0 Å². The Kier molecular flexibility index (Phi) is 4.90. The van der Waals surface area contributed by atoms with Gasteiger partial charge in [0.05, 0.1) is 19.0 Å². The first-order valence-electron chi connectivity index (χ1n) is 7.48. The van der Waals surface area contributed by atoms with Crippen molar-refractivity contribution >= 4 is 34.9 Å². The third kappa shape index (κ3) is 3.92. The maximum absolute atomic E-state index is 11.9. The fraction of sp³-hybridized carbons (Fsp3) is 0.118. The van der Waals surface area contributed by atoms with Crippen LogP contribution in [0.25, 0.3) is 11.0 Å². The summed E-state index contributed by atoms with van der Waals surface area (Å²) in [6.07, 6.45) is 1.32. The van der Waals surface area contributed by atoms with Gasteiger partial charge >= 0.3 is 5.16 Å². The fourth-order valence-corrected chi connectivity index (χ4v) is 3.10. The molecule has 128 valence electrons. The van der Waals surface area contributed by atoms with Crippen molar-refractivity contribution in [1.82, 2.24) is 10.4 Å². The quantitative estimate of drug-likeness (QED) is 0.241. The molecule has 0 aliphatic heterocycles. The lowest BCUT2D eigenvalue weighted by atomic mass is 10.2. The maximum Gasteiger partial charge on any atom is 0.317 e. The number of nitrogens with one attached hydrogen (secondary N) is 2. The van der Waals surface area contributed by atoms with Gasteiger partial charge in [0, 0.05) is 11.6 Å². The summed E-state index contributed by atoms with van der Waals surface area (Å²) in [6.45, 7) is 0. The van der Waals surface area contributed by atoms with Gasteiger partial charge < -0.3 is 10.2 Å². The molecule has 0 saturated carbocycles. The highest BCUT2D eigenvalue weighted by Crippen LogP contribution is 2.20. The second-order valence-corrected chi connectivity index (χ2v) is 6.30. The van der Waals surface area contributed by atoms with Gasteiger partial charge in [0.2, 0.25) is 0 Å². The summed E-state index contributed by atoms with van der Waals surface area (Å²) >= 11 is 1.37. The first-order valence-corrected chi connectivity index (χ1v) is 8.46. The number of imidazole rings is 1. The normalized spacial score (nSPS) is 11.2. The Bertz CT molecular complexity index is 952. The molecular formula is C17H17N4O3S+. The number of carbonyl (C=O) groups is 1. The van der Waals surface area contributed by atoms with Crippen LogP contribution in [0, 0.1) is 0 Å². The zero-order chi connectivity index (χ0) is 17.8. The van der Waals surface area contributed by atoms with Crippen LogP contribution in [0.1, 0.15) is 5.56 Å². The van der Waals surface area contributed by atoms with Crippen LogP contribution in [0.15, 0.2) is 52.7 Å². The molecule has 7 nitrogen and oxygen atoms in total. The Balaban J connectivity index is 1.57. The molecule has 4 N–H and O–H groups in total. The van der Waals surface area contributed by atoms with E-state index >= 15 is 0 Å². The SMILES string of the molecule is C[n+]1c(SCC(=O)N/N=C/c2ccc(O)cc2O)[nH]c2ccccc21. The van der Waals surface area contributed by atoms with Crippen LogP contribution >= 0.6 is 11.8 Å². The Labute approximate surface area is 148 Å². The average molecular weight is 357 g/mol. The number of para-hydroxylation sites is 2. The van der Waals surface area contributed by atoms with Gasteiger partial charge in [-0.1, -0.05) is 12.1 Å². The van der Waals surface area contributed by atoms with Crippen molar-refractivity contribution in [2.45, 2.75) is 5.16 Å². The number of thioether (sulfide) groups is 1. The number of phenols is 2. The molecule has 1 aromatic heterocycles. The third-order valence-corrected chi connectivity index (χ3v) is 4.61. The first kappa shape index (κ1) is 16.8. The van der Waals surface area contributed by atoms with E-state index in [1.807, 2.05) is 35.9 Å². The molecule has 0 saturated heterocycles. The fourth-order valence-electron chi connectivity index (χ4n) is 2.29. The first-order chi connectivity index (χ1) is 12.0. The van der Waals surface area contributed by atoms with Gasteiger partial charge in [-0.2, -0.15) is 5.10 Å². The van der Waals surface area contributed by atoms with E-state index in [0.29, 0.717) is 5.56 Å². The molecule has 1 amide bonds. The number of carbonyl (C=O) groups excluding carboxylic acids is 1. The van der Waals surface area contributed by atoms with E-state index in [0.717, 1.165) is 16.2 Å². The van der Waals surface area contributed by atoms with Crippen LogP contribution in [0.5, 0.6) is 11.5 Å².